The van der Waals surface area contributed by atoms with Crippen molar-refractivity contribution in [3.63, 3.8) is 0 Å². The smallest absolute Gasteiger partial charge is 0.0582 e. The average molecular weight is 525 g/mol. The van der Waals surface area contributed by atoms with Gasteiger partial charge in [-0.25, -0.2) is 0 Å². The number of rotatable bonds is 2. The molecular formula is C39H28N2. The van der Waals surface area contributed by atoms with Crippen LogP contribution in [0.3, 0.4) is 0 Å². The van der Waals surface area contributed by atoms with Crippen molar-refractivity contribution in [3.8, 4) is 22.5 Å². The van der Waals surface area contributed by atoms with Crippen LogP contribution in [0.2, 0.25) is 0 Å². The standard InChI is InChI=1S/C39H28N2/c1-39(2)32-16-10-15-30-28-13-6-9-18-35(28)41(38(30)32)37-22-20-26(24-33(37)39)25-19-21-36-31(23-25)29-14-7-8-17-34(29)40(36)27-11-4-3-5-12-27/h3-24H,1-2H3. The fourth-order valence-electron chi connectivity index (χ4n) is 7.34. The molecule has 0 unspecified atom stereocenters. The van der Waals surface area contributed by atoms with Crippen molar-refractivity contribution in [3.05, 3.63) is 145 Å². The number of hydrogen-bond donors (Lipinski definition) is 0. The molecule has 3 heterocycles. The first-order valence-electron chi connectivity index (χ1n) is 14.4. The van der Waals surface area contributed by atoms with E-state index in [0.29, 0.717) is 0 Å². The predicted molar refractivity (Wildman–Crippen MR) is 173 cm³/mol. The predicted octanol–water partition coefficient (Wildman–Crippen LogP) is 10.2. The van der Waals surface area contributed by atoms with E-state index in [1.165, 1.54) is 77.2 Å². The molecule has 1 aliphatic rings. The SMILES string of the molecule is CC1(C)c2cc(-c3ccc4c(c3)c3ccccc3n4-c3ccccc3)ccc2-n2c3ccccc3c3cccc1c32. The minimum Gasteiger partial charge on any atom is -0.309 e. The Hall–Kier alpha value is -5.08. The van der Waals surface area contributed by atoms with Crippen LogP contribution in [0.4, 0.5) is 0 Å². The second kappa shape index (κ2) is 7.99. The van der Waals surface area contributed by atoms with E-state index in [-0.39, 0.29) is 5.41 Å². The molecule has 0 bridgehead atoms. The van der Waals surface area contributed by atoms with Crippen LogP contribution < -0.4 is 0 Å². The van der Waals surface area contributed by atoms with E-state index in [9.17, 15) is 0 Å². The Morgan fingerprint density at radius 3 is 1.85 bits per heavy atom. The number of nitrogens with zero attached hydrogens (tertiary/aromatic N) is 2. The fraction of sp³-hybridized carbons (Fsp3) is 0.0769. The Bertz CT molecular complexity index is 2330. The van der Waals surface area contributed by atoms with Crippen LogP contribution in [0, 0.1) is 0 Å². The van der Waals surface area contributed by atoms with Crippen molar-refractivity contribution in [2.75, 3.05) is 0 Å². The van der Waals surface area contributed by atoms with Crippen LogP contribution in [0.1, 0.15) is 25.0 Å². The molecule has 8 aromatic rings. The van der Waals surface area contributed by atoms with Gasteiger partial charge in [0.15, 0.2) is 0 Å². The molecule has 0 amide bonds. The van der Waals surface area contributed by atoms with Gasteiger partial charge in [0.1, 0.15) is 0 Å². The summed E-state index contributed by atoms with van der Waals surface area (Å²) in [4.78, 5) is 0. The number of hydrogen-bond acceptors (Lipinski definition) is 0. The Labute approximate surface area is 238 Å². The van der Waals surface area contributed by atoms with Gasteiger partial charge in [-0.3, -0.25) is 0 Å². The summed E-state index contributed by atoms with van der Waals surface area (Å²) in [6, 6.07) is 49.1. The molecule has 0 radical (unpaired) electrons. The topological polar surface area (TPSA) is 9.86 Å². The Morgan fingerprint density at radius 1 is 0.439 bits per heavy atom. The summed E-state index contributed by atoms with van der Waals surface area (Å²) >= 11 is 0. The largest absolute Gasteiger partial charge is 0.309 e. The van der Waals surface area contributed by atoms with Gasteiger partial charge in [-0.05, 0) is 70.8 Å². The van der Waals surface area contributed by atoms with Crippen LogP contribution in [0.15, 0.2) is 133 Å². The normalized spacial score (nSPS) is 13.8. The lowest BCUT2D eigenvalue weighted by Gasteiger charge is -2.35. The molecule has 0 saturated heterocycles. The van der Waals surface area contributed by atoms with Crippen LogP contribution in [-0.2, 0) is 5.41 Å². The highest BCUT2D eigenvalue weighted by atomic mass is 15.0. The molecule has 2 heteroatoms. The van der Waals surface area contributed by atoms with Crippen molar-refractivity contribution >= 4 is 43.6 Å². The minimum atomic E-state index is -0.122. The maximum atomic E-state index is 2.49. The molecule has 0 spiro atoms. The molecule has 2 aromatic heterocycles. The summed E-state index contributed by atoms with van der Waals surface area (Å²) in [5.41, 5.74) is 12.7. The Morgan fingerprint density at radius 2 is 1.05 bits per heavy atom. The van der Waals surface area contributed by atoms with E-state index in [2.05, 4.69) is 156 Å². The van der Waals surface area contributed by atoms with Crippen LogP contribution in [-0.4, -0.2) is 9.13 Å². The number of para-hydroxylation sites is 4. The molecule has 0 aliphatic carbocycles. The number of benzene rings is 6. The molecule has 1 aliphatic heterocycles. The van der Waals surface area contributed by atoms with Crippen molar-refractivity contribution < 1.29 is 0 Å². The zero-order chi connectivity index (χ0) is 27.3. The maximum absolute atomic E-state index is 2.49. The summed E-state index contributed by atoms with van der Waals surface area (Å²) in [7, 11) is 0. The quantitative estimate of drug-likeness (QED) is 0.213. The molecule has 2 nitrogen and oxygen atoms in total. The van der Waals surface area contributed by atoms with Crippen molar-refractivity contribution in [2.24, 2.45) is 0 Å². The molecule has 194 valence electrons. The molecule has 41 heavy (non-hydrogen) atoms. The van der Waals surface area contributed by atoms with E-state index in [0.717, 1.165) is 0 Å². The lowest BCUT2D eigenvalue weighted by atomic mass is 9.74. The molecular weight excluding hydrogens is 496 g/mol. The van der Waals surface area contributed by atoms with E-state index in [4.69, 9.17) is 0 Å². The third-order valence-electron chi connectivity index (χ3n) is 9.30. The van der Waals surface area contributed by atoms with Crippen LogP contribution in [0.25, 0.3) is 66.1 Å². The summed E-state index contributed by atoms with van der Waals surface area (Å²) in [6.45, 7) is 4.75. The van der Waals surface area contributed by atoms with Gasteiger partial charge in [0.2, 0.25) is 0 Å². The molecule has 0 saturated carbocycles. The van der Waals surface area contributed by atoms with Gasteiger partial charge in [-0.1, -0.05) is 98.8 Å². The highest BCUT2D eigenvalue weighted by Crippen LogP contribution is 2.48. The van der Waals surface area contributed by atoms with Gasteiger partial charge in [-0.2, -0.15) is 0 Å². The summed E-state index contributed by atoms with van der Waals surface area (Å²) in [6.07, 6.45) is 0. The van der Waals surface area contributed by atoms with Gasteiger partial charge in [0, 0.05) is 32.6 Å². The third-order valence-corrected chi connectivity index (χ3v) is 9.30. The van der Waals surface area contributed by atoms with Gasteiger partial charge in [0.25, 0.3) is 0 Å². The molecule has 0 N–H and O–H groups in total. The van der Waals surface area contributed by atoms with Gasteiger partial charge >= 0.3 is 0 Å². The van der Waals surface area contributed by atoms with E-state index in [1.54, 1.807) is 0 Å². The molecule has 6 aromatic carbocycles. The fourth-order valence-corrected chi connectivity index (χ4v) is 7.34. The highest BCUT2D eigenvalue weighted by Gasteiger charge is 2.35. The maximum Gasteiger partial charge on any atom is 0.0582 e. The van der Waals surface area contributed by atoms with Crippen molar-refractivity contribution in [1.82, 2.24) is 9.13 Å². The number of aromatic nitrogens is 2. The lowest BCUT2D eigenvalue weighted by molar-refractivity contribution is 0.630. The van der Waals surface area contributed by atoms with E-state index < -0.39 is 0 Å². The van der Waals surface area contributed by atoms with Crippen LogP contribution in [0.5, 0.6) is 0 Å². The zero-order valence-electron chi connectivity index (χ0n) is 23.1. The first-order valence-corrected chi connectivity index (χ1v) is 14.4. The van der Waals surface area contributed by atoms with Gasteiger partial charge in [0.05, 0.1) is 27.8 Å². The van der Waals surface area contributed by atoms with E-state index >= 15 is 0 Å². The summed E-state index contributed by atoms with van der Waals surface area (Å²) in [5, 5.41) is 5.21. The average Bonchev–Trinajstić information content (AvgIpc) is 3.53. The Kier molecular flexibility index (Phi) is 4.42. The Balaban J connectivity index is 1.29. The van der Waals surface area contributed by atoms with Crippen LogP contribution >= 0.6 is 0 Å². The third kappa shape index (κ3) is 2.97. The van der Waals surface area contributed by atoms with Crippen molar-refractivity contribution in [1.29, 1.82) is 0 Å². The van der Waals surface area contributed by atoms with Gasteiger partial charge in [-0.15, -0.1) is 0 Å². The number of fused-ring (bicyclic) bond motifs is 8. The van der Waals surface area contributed by atoms with Crippen molar-refractivity contribution in [2.45, 2.75) is 19.3 Å². The van der Waals surface area contributed by atoms with Gasteiger partial charge < -0.3 is 9.13 Å². The first kappa shape index (κ1) is 22.7. The second-order valence-electron chi connectivity index (χ2n) is 11.8. The molecule has 0 fully saturated rings. The minimum absolute atomic E-state index is 0.122. The summed E-state index contributed by atoms with van der Waals surface area (Å²) in [5.74, 6) is 0. The molecule has 9 rings (SSSR count). The van der Waals surface area contributed by atoms with E-state index in [1.807, 2.05) is 0 Å². The highest BCUT2D eigenvalue weighted by molar-refractivity contribution is 6.12. The second-order valence-corrected chi connectivity index (χ2v) is 11.8. The monoisotopic (exact) mass is 524 g/mol. The zero-order valence-corrected chi connectivity index (χ0v) is 23.1. The molecule has 0 atom stereocenters. The lowest BCUT2D eigenvalue weighted by Crippen LogP contribution is -2.26. The first-order chi connectivity index (χ1) is 20.1. The summed E-state index contributed by atoms with van der Waals surface area (Å²) < 4.78 is 4.87.